The van der Waals surface area contributed by atoms with E-state index in [0.717, 1.165) is 22.3 Å². The molecule has 1 aliphatic carbocycles. The number of carboxylic acids is 1. The Bertz CT molecular complexity index is 1170. The minimum atomic E-state index is -1.58. The van der Waals surface area contributed by atoms with Crippen LogP contribution in [0.2, 0.25) is 0 Å². The van der Waals surface area contributed by atoms with Crippen molar-refractivity contribution in [2.45, 2.75) is 24.5 Å². The molecule has 0 heterocycles. The smallest absolute Gasteiger partial charge is 0.408 e. The van der Waals surface area contributed by atoms with Crippen LogP contribution in [0.25, 0.3) is 11.1 Å². The van der Waals surface area contributed by atoms with Gasteiger partial charge in [0.05, 0.1) is 0 Å². The second-order valence-corrected chi connectivity index (χ2v) is 8.25. The zero-order chi connectivity index (χ0) is 24.8. The summed E-state index contributed by atoms with van der Waals surface area (Å²) in [7, 11) is 0. The fraction of sp³-hybridized carbons (Fsp3) is 0.222. The van der Waals surface area contributed by atoms with Crippen molar-refractivity contribution in [2.75, 3.05) is 13.2 Å². The van der Waals surface area contributed by atoms with Gasteiger partial charge in [-0.2, -0.15) is 0 Å². The van der Waals surface area contributed by atoms with Crippen LogP contribution in [-0.2, 0) is 14.3 Å². The normalized spacial score (nSPS) is 13.7. The van der Waals surface area contributed by atoms with Crippen molar-refractivity contribution in [3.63, 3.8) is 0 Å². The highest BCUT2D eigenvalue weighted by atomic mass is 16.5. The molecule has 0 bridgehead atoms. The number of fused-ring (bicyclic) bond motifs is 3. The van der Waals surface area contributed by atoms with E-state index in [-0.39, 0.29) is 25.5 Å². The van der Waals surface area contributed by atoms with Crippen LogP contribution in [0.4, 0.5) is 4.79 Å². The van der Waals surface area contributed by atoms with Crippen LogP contribution in [0.1, 0.15) is 35.1 Å². The number of hydrogen-bond donors (Lipinski definition) is 4. The third-order valence-electron chi connectivity index (χ3n) is 6.00. The number of carbonyl (C=O) groups excluding carboxylic acids is 2. The highest BCUT2D eigenvalue weighted by Crippen LogP contribution is 2.44. The largest absolute Gasteiger partial charge is 0.479 e. The summed E-state index contributed by atoms with van der Waals surface area (Å²) in [4.78, 5) is 36.3. The molecule has 35 heavy (non-hydrogen) atoms. The summed E-state index contributed by atoms with van der Waals surface area (Å²) in [5.74, 6) is -2.02. The number of aliphatic hydroxyl groups is 1. The summed E-state index contributed by atoms with van der Waals surface area (Å²) in [5.41, 5.74) is 4.92. The number of rotatable bonds is 9. The second-order valence-electron chi connectivity index (χ2n) is 8.25. The summed E-state index contributed by atoms with van der Waals surface area (Å²) in [6.45, 7) is 0.0375. The van der Waals surface area contributed by atoms with Gasteiger partial charge < -0.3 is 25.6 Å². The third kappa shape index (κ3) is 5.50. The zero-order valence-corrected chi connectivity index (χ0v) is 18.9. The standard InChI is InChI=1S/C27H26N2O6/c30-23(26(32)33)14-15-28-25(31)24(17-8-2-1-3-9-17)29-27(34)35-16-22-20-12-6-4-10-18(20)19-11-5-7-13-21(19)22/h1-13,22-24,30H,14-16H2,(H,28,31)(H,29,34)(H,32,33)/t23-,24?/m0/s1. The van der Waals surface area contributed by atoms with E-state index < -0.39 is 30.1 Å². The molecule has 8 heteroatoms. The summed E-state index contributed by atoms with van der Waals surface area (Å²) >= 11 is 0. The molecule has 4 N–H and O–H groups in total. The monoisotopic (exact) mass is 474 g/mol. The van der Waals surface area contributed by atoms with Gasteiger partial charge in [-0.15, -0.1) is 0 Å². The molecular formula is C27H26N2O6. The number of amides is 2. The molecule has 0 saturated carbocycles. The van der Waals surface area contributed by atoms with Crippen LogP contribution < -0.4 is 10.6 Å². The first-order chi connectivity index (χ1) is 17.0. The molecule has 3 aromatic rings. The predicted octanol–water partition coefficient (Wildman–Crippen LogP) is 3.22. The first kappa shape index (κ1) is 24.0. The Hall–Kier alpha value is -4.17. The van der Waals surface area contributed by atoms with Crippen LogP contribution in [0.15, 0.2) is 78.9 Å². The number of nitrogens with one attached hydrogen (secondary N) is 2. The maximum absolute atomic E-state index is 12.8. The Balaban J connectivity index is 1.42. The van der Waals surface area contributed by atoms with Crippen molar-refractivity contribution < 1.29 is 29.3 Å². The number of carboxylic acid groups (broad SMARTS) is 1. The van der Waals surface area contributed by atoms with E-state index in [0.29, 0.717) is 5.56 Å². The van der Waals surface area contributed by atoms with Gasteiger partial charge >= 0.3 is 12.1 Å². The van der Waals surface area contributed by atoms with E-state index in [4.69, 9.17) is 9.84 Å². The van der Waals surface area contributed by atoms with Crippen molar-refractivity contribution >= 4 is 18.0 Å². The van der Waals surface area contributed by atoms with E-state index >= 15 is 0 Å². The summed E-state index contributed by atoms with van der Waals surface area (Å²) in [5, 5.41) is 23.4. The van der Waals surface area contributed by atoms with Gasteiger partial charge in [-0.25, -0.2) is 9.59 Å². The van der Waals surface area contributed by atoms with Crippen molar-refractivity contribution in [3.05, 3.63) is 95.6 Å². The van der Waals surface area contributed by atoms with Gasteiger partial charge in [-0.3, -0.25) is 4.79 Å². The number of ether oxygens (including phenoxy) is 1. The molecule has 1 unspecified atom stereocenters. The van der Waals surface area contributed by atoms with Crippen molar-refractivity contribution in [1.29, 1.82) is 0 Å². The molecule has 180 valence electrons. The minimum Gasteiger partial charge on any atom is -0.479 e. The molecule has 0 spiro atoms. The van der Waals surface area contributed by atoms with Gasteiger partial charge in [-0.1, -0.05) is 78.9 Å². The van der Waals surface area contributed by atoms with Gasteiger partial charge in [-0.05, 0) is 27.8 Å². The molecule has 0 aromatic heterocycles. The molecule has 0 aliphatic heterocycles. The van der Waals surface area contributed by atoms with Gasteiger partial charge in [0.1, 0.15) is 12.6 Å². The molecule has 0 saturated heterocycles. The molecule has 0 fully saturated rings. The Morgan fingerprint density at radius 1 is 0.857 bits per heavy atom. The lowest BCUT2D eigenvalue weighted by Gasteiger charge is -2.20. The molecule has 2 atom stereocenters. The average Bonchev–Trinajstić information content (AvgIpc) is 3.20. The van der Waals surface area contributed by atoms with Crippen LogP contribution in [0.3, 0.4) is 0 Å². The molecular weight excluding hydrogens is 448 g/mol. The van der Waals surface area contributed by atoms with Gasteiger partial charge in [0.25, 0.3) is 0 Å². The van der Waals surface area contributed by atoms with Crippen LogP contribution in [0, 0.1) is 0 Å². The summed E-state index contributed by atoms with van der Waals surface area (Å²) in [6.07, 6.45) is -2.49. The number of aliphatic hydroxyl groups excluding tert-OH is 1. The lowest BCUT2D eigenvalue weighted by molar-refractivity contribution is -0.147. The lowest BCUT2D eigenvalue weighted by Crippen LogP contribution is -2.42. The number of benzene rings is 3. The van der Waals surface area contributed by atoms with Gasteiger partial charge in [0, 0.05) is 18.9 Å². The van der Waals surface area contributed by atoms with E-state index in [9.17, 15) is 19.5 Å². The fourth-order valence-corrected chi connectivity index (χ4v) is 4.26. The number of alkyl carbamates (subject to hydrolysis) is 1. The minimum absolute atomic E-state index is 0.0675. The molecule has 1 aliphatic rings. The quantitative estimate of drug-likeness (QED) is 0.377. The maximum atomic E-state index is 12.8. The predicted molar refractivity (Wildman–Crippen MR) is 129 cm³/mol. The van der Waals surface area contributed by atoms with Crippen LogP contribution in [0.5, 0.6) is 0 Å². The Labute approximate surface area is 202 Å². The number of aliphatic carboxylic acids is 1. The van der Waals surface area contributed by atoms with Gasteiger partial charge in [0.15, 0.2) is 6.10 Å². The zero-order valence-electron chi connectivity index (χ0n) is 18.9. The van der Waals surface area contributed by atoms with E-state index in [2.05, 4.69) is 10.6 Å². The van der Waals surface area contributed by atoms with Crippen molar-refractivity contribution in [3.8, 4) is 11.1 Å². The van der Waals surface area contributed by atoms with E-state index in [1.807, 2.05) is 48.5 Å². The highest BCUT2D eigenvalue weighted by molar-refractivity contribution is 5.87. The Morgan fingerprint density at radius 3 is 2.03 bits per heavy atom. The Kier molecular flexibility index (Phi) is 7.42. The fourth-order valence-electron chi connectivity index (χ4n) is 4.26. The topological polar surface area (TPSA) is 125 Å². The average molecular weight is 475 g/mol. The lowest BCUT2D eigenvalue weighted by atomic mass is 9.98. The second kappa shape index (κ2) is 10.8. The maximum Gasteiger partial charge on any atom is 0.408 e. The molecule has 8 nitrogen and oxygen atoms in total. The molecule has 0 radical (unpaired) electrons. The SMILES string of the molecule is O=C(NC(C(=O)NCC[C@H](O)C(=O)O)c1ccccc1)OCC1c2ccccc2-c2ccccc21. The molecule has 2 amide bonds. The molecule has 4 rings (SSSR count). The number of carbonyl (C=O) groups is 3. The van der Waals surface area contributed by atoms with Crippen molar-refractivity contribution in [2.24, 2.45) is 0 Å². The van der Waals surface area contributed by atoms with Crippen LogP contribution in [-0.4, -0.2) is 47.4 Å². The van der Waals surface area contributed by atoms with E-state index in [1.54, 1.807) is 30.3 Å². The van der Waals surface area contributed by atoms with Gasteiger partial charge in [0.2, 0.25) is 5.91 Å². The first-order valence-electron chi connectivity index (χ1n) is 11.3. The van der Waals surface area contributed by atoms with Crippen molar-refractivity contribution in [1.82, 2.24) is 10.6 Å². The summed E-state index contributed by atoms with van der Waals surface area (Å²) < 4.78 is 5.57. The number of hydrogen-bond acceptors (Lipinski definition) is 5. The van der Waals surface area contributed by atoms with E-state index in [1.165, 1.54) is 0 Å². The third-order valence-corrected chi connectivity index (χ3v) is 6.00. The first-order valence-corrected chi connectivity index (χ1v) is 11.3. The highest BCUT2D eigenvalue weighted by Gasteiger charge is 2.30. The Morgan fingerprint density at radius 2 is 1.43 bits per heavy atom. The molecule has 3 aromatic carbocycles. The van der Waals surface area contributed by atoms with Crippen LogP contribution >= 0.6 is 0 Å². The summed E-state index contributed by atoms with van der Waals surface area (Å²) in [6, 6.07) is 23.6.